The largest absolute Gasteiger partial charge is 0.467 e. The van der Waals surface area contributed by atoms with Gasteiger partial charge in [0.1, 0.15) is 11.8 Å². The van der Waals surface area contributed by atoms with Gasteiger partial charge in [0.05, 0.1) is 12.8 Å². The zero-order chi connectivity index (χ0) is 17.2. The minimum absolute atomic E-state index is 0.118. The fourth-order valence-electron chi connectivity index (χ4n) is 2.92. The van der Waals surface area contributed by atoms with Gasteiger partial charge in [-0.15, -0.1) is 0 Å². The van der Waals surface area contributed by atoms with Crippen molar-refractivity contribution in [3.05, 3.63) is 35.7 Å². The number of piperazine rings is 1. The number of carbonyl (C=O) groups excluding carboxylic acids is 1. The summed E-state index contributed by atoms with van der Waals surface area (Å²) in [5, 5.41) is 12.1. The number of furan rings is 1. The number of hydrogen-bond donors (Lipinski definition) is 1. The van der Waals surface area contributed by atoms with E-state index in [0.717, 1.165) is 18.6 Å². The van der Waals surface area contributed by atoms with Gasteiger partial charge in [0, 0.05) is 32.1 Å². The number of amides is 2. The van der Waals surface area contributed by atoms with Crippen molar-refractivity contribution in [2.24, 2.45) is 0 Å². The Morgan fingerprint density at radius 1 is 1.36 bits per heavy atom. The number of oxazole rings is 1. The van der Waals surface area contributed by atoms with Crippen LogP contribution in [0, 0.1) is 11.3 Å². The summed E-state index contributed by atoms with van der Waals surface area (Å²) < 4.78 is 11.0. The molecule has 0 radical (unpaired) electrons. The van der Waals surface area contributed by atoms with Crippen molar-refractivity contribution in [2.45, 2.75) is 25.3 Å². The summed E-state index contributed by atoms with van der Waals surface area (Å²) >= 11 is 0. The topological polar surface area (TPSA) is 98.5 Å². The van der Waals surface area contributed by atoms with Gasteiger partial charge in [-0.05, 0) is 25.0 Å². The molecular weight excluding hydrogens is 322 g/mol. The summed E-state index contributed by atoms with van der Waals surface area (Å²) in [4.78, 5) is 20.3. The number of nitriles is 1. The number of aromatic nitrogens is 1. The number of anilines is 1. The molecule has 2 aromatic rings. The maximum Gasteiger partial charge on any atom is 0.317 e. The van der Waals surface area contributed by atoms with Crippen LogP contribution in [0.1, 0.15) is 36.1 Å². The Morgan fingerprint density at radius 2 is 2.16 bits per heavy atom. The highest BCUT2D eigenvalue weighted by molar-refractivity contribution is 5.74. The van der Waals surface area contributed by atoms with Crippen LogP contribution >= 0.6 is 0 Å². The fourth-order valence-corrected chi connectivity index (χ4v) is 2.92. The Labute approximate surface area is 145 Å². The van der Waals surface area contributed by atoms with Crippen LogP contribution in [0.4, 0.5) is 10.7 Å². The van der Waals surface area contributed by atoms with E-state index in [1.54, 1.807) is 17.2 Å². The van der Waals surface area contributed by atoms with Crippen molar-refractivity contribution < 1.29 is 13.6 Å². The van der Waals surface area contributed by atoms with Gasteiger partial charge in [-0.2, -0.15) is 5.26 Å². The first-order valence-corrected chi connectivity index (χ1v) is 8.45. The van der Waals surface area contributed by atoms with Gasteiger partial charge in [0.25, 0.3) is 0 Å². The third kappa shape index (κ3) is 3.31. The van der Waals surface area contributed by atoms with Gasteiger partial charge in [0.15, 0.2) is 0 Å². The molecular formula is C17H19N5O3. The molecule has 0 unspecified atom stereocenters. The average molecular weight is 341 g/mol. The molecule has 2 amide bonds. The van der Waals surface area contributed by atoms with E-state index < -0.39 is 0 Å². The molecule has 130 valence electrons. The third-order valence-corrected chi connectivity index (χ3v) is 4.51. The van der Waals surface area contributed by atoms with Crippen LogP contribution in [0.3, 0.4) is 0 Å². The second kappa shape index (κ2) is 6.51. The van der Waals surface area contributed by atoms with E-state index in [1.165, 1.54) is 0 Å². The van der Waals surface area contributed by atoms with Crippen LogP contribution in [0.25, 0.3) is 0 Å². The first-order valence-electron chi connectivity index (χ1n) is 8.45. The van der Waals surface area contributed by atoms with Gasteiger partial charge in [-0.1, -0.05) is 0 Å². The smallest absolute Gasteiger partial charge is 0.317 e. The Hall–Kier alpha value is -2.95. The highest BCUT2D eigenvalue weighted by Gasteiger charge is 2.32. The molecule has 1 N–H and O–H groups in total. The van der Waals surface area contributed by atoms with Gasteiger partial charge in [0.2, 0.25) is 17.5 Å². The fraction of sp³-hybridized carbons (Fsp3) is 0.471. The number of nitrogens with one attached hydrogen (secondary N) is 1. The summed E-state index contributed by atoms with van der Waals surface area (Å²) in [6.45, 7) is 2.73. The van der Waals surface area contributed by atoms with Crippen LogP contribution in [-0.4, -0.2) is 42.1 Å². The van der Waals surface area contributed by atoms with E-state index >= 15 is 0 Å². The molecule has 2 aromatic heterocycles. The van der Waals surface area contributed by atoms with E-state index in [9.17, 15) is 10.1 Å². The van der Waals surface area contributed by atoms with Gasteiger partial charge in [-0.25, -0.2) is 9.78 Å². The normalized spacial score (nSPS) is 17.4. The Morgan fingerprint density at radius 3 is 2.80 bits per heavy atom. The van der Waals surface area contributed by atoms with Crippen LogP contribution in [0.5, 0.6) is 0 Å². The monoisotopic (exact) mass is 341 g/mol. The zero-order valence-corrected chi connectivity index (χ0v) is 13.8. The number of nitrogens with zero attached hydrogens (tertiary/aromatic N) is 4. The standard InChI is InChI=1S/C17H19N5O3/c18-10-14-16(25-15(20-14)12-3-4-12)21-5-7-22(8-6-21)17(23)19-11-13-2-1-9-24-13/h1-2,9,12H,3-8,11H2,(H,19,23). The minimum atomic E-state index is -0.118. The molecule has 1 saturated heterocycles. The molecule has 2 aliphatic rings. The van der Waals surface area contributed by atoms with Crippen molar-refractivity contribution in [3.63, 3.8) is 0 Å². The van der Waals surface area contributed by atoms with Crippen LogP contribution < -0.4 is 10.2 Å². The van der Waals surface area contributed by atoms with Gasteiger partial charge >= 0.3 is 6.03 Å². The molecule has 25 heavy (non-hydrogen) atoms. The molecule has 0 bridgehead atoms. The molecule has 4 rings (SSSR count). The van der Waals surface area contributed by atoms with E-state index in [1.807, 2.05) is 11.0 Å². The average Bonchev–Trinajstić information content (AvgIpc) is 3.20. The van der Waals surface area contributed by atoms with Crippen molar-refractivity contribution in [1.29, 1.82) is 5.26 Å². The lowest BCUT2D eigenvalue weighted by Crippen LogP contribution is -2.51. The second-order valence-corrected chi connectivity index (χ2v) is 6.30. The lowest BCUT2D eigenvalue weighted by atomic mass is 10.3. The molecule has 0 atom stereocenters. The zero-order valence-electron chi connectivity index (χ0n) is 13.8. The van der Waals surface area contributed by atoms with Crippen molar-refractivity contribution in [2.75, 3.05) is 31.1 Å². The second-order valence-electron chi connectivity index (χ2n) is 6.30. The summed E-state index contributed by atoms with van der Waals surface area (Å²) in [5.41, 5.74) is 0.345. The molecule has 8 nitrogen and oxygen atoms in total. The molecule has 8 heteroatoms. The van der Waals surface area contributed by atoms with E-state index in [-0.39, 0.29) is 6.03 Å². The summed E-state index contributed by atoms with van der Waals surface area (Å²) in [6.07, 6.45) is 3.74. The predicted octanol–water partition coefficient (Wildman–Crippen LogP) is 2.05. The van der Waals surface area contributed by atoms with Crippen molar-refractivity contribution >= 4 is 11.9 Å². The Kier molecular flexibility index (Phi) is 4.06. The summed E-state index contributed by atoms with van der Waals surface area (Å²) in [5.74, 6) is 2.31. The molecule has 0 spiro atoms. The highest BCUT2D eigenvalue weighted by Crippen LogP contribution is 2.41. The number of hydrogen-bond acceptors (Lipinski definition) is 6. The number of urea groups is 1. The lowest BCUT2D eigenvalue weighted by molar-refractivity contribution is 0.192. The minimum Gasteiger partial charge on any atom is -0.467 e. The van der Waals surface area contributed by atoms with Gasteiger partial charge < -0.3 is 24.0 Å². The maximum absolute atomic E-state index is 12.2. The van der Waals surface area contributed by atoms with Crippen molar-refractivity contribution in [1.82, 2.24) is 15.2 Å². The predicted molar refractivity (Wildman–Crippen MR) is 87.9 cm³/mol. The maximum atomic E-state index is 12.2. The number of rotatable bonds is 4. The van der Waals surface area contributed by atoms with Crippen molar-refractivity contribution in [3.8, 4) is 6.07 Å². The first kappa shape index (κ1) is 15.6. The number of carbonyl (C=O) groups is 1. The van der Waals surface area contributed by atoms with E-state index in [2.05, 4.69) is 16.4 Å². The molecule has 2 fully saturated rings. The molecule has 0 aromatic carbocycles. The lowest BCUT2D eigenvalue weighted by Gasteiger charge is -2.34. The quantitative estimate of drug-likeness (QED) is 0.914. The summed E-state index contributed by atoms with van der Waals surface area (Å²) in [7, 11) is 0. The van der Waals surface area contributed by atoms with E-state index in [4.69, 9.17) is 8.83 Å². The van der Waals surface area contributed by atoms with Crippen LogP contribution in [0.2, 0.25) is 0 Å². The molecule has 1 saturated carbocycles. The van der Waals surface area contributed by atoms with Crippen LogP contribution in [-0.2, 0) is 6.54 Å². The Balaban J connectivity index is 1.33. The SMILES string of the molecule is N#Cc1nc(C2CC2)oc1N1CCN(C(=O)NCc2ccco2)CC1. The first-order chi connectivity index (χ1) is 12.2. The molecule has 1 aliphatic carbocycles. The molecule has 3 heterocycles. The summed E-state index contributed by atoms with van der Waals surface area (Å²) in [6, 6.07) is 5.61. The third-order valence-electron chi connectivity index (χ3n) is 4.51. The Bertz CT molecular complexity index is 780. The molecule has 1 aliphatic heterocycles. The van der Waals surface area contributed by atoms with E-state index in [0.29, 0.717) is 56.1 Å². The van der Waals surface area contributed by atoms with Gasteiger partial charge in [-0.3, -0.25) is 0 Å². The highest BCUT2D eigenvalue weighted by atomic mass is 16.4. The van der Waals surface area contributed by atoms with Crippen LogP contribution in [0.15, 0.2) is 27.2 Å².